The number of rotatable bonds is 9. The van der Waals surface area contributed by atoms with Gasteiger partial charge in [0.05, 0.1) is 11.5 Å². The molecule has 0 aliphatic heterocycles. The van der Waals surface area contributed by atoms with E-state index in [1.54, 1.807) is 0 Å². The lowest BCUT2D eigenvalue weighted by atomic mass is 10.2. The van der Waals surface area contributed by atoms with Crippen molar-refractivity contribution in [3.05, 3.63) is 54.1 Å². The number of hydrogen-bond donors (Lipinski definition) is 2. The SMILES string of the molecule is CCN(c1ccc(NC(=O)CSCC(=O)Nc2ccc(C)cc2)cc1)C(C)C. The Balaban J connectivity index is 1.74. The van der Waals surface area contributed by atoms with E-state index in [0.717, 1.165) is 29.2 Å². The van der Waals surface area contributed by atoms with Crippen molar-refractivity contribution in [2.24, 2.45) is 0 Å². The monoisotopic (exact) mass is 399 g/mol. The van der Waals surface area contributed by atoms with Crippen molar-refractivity contribution in [2.75, 3.05) is 33.6 Å². The van der Waals surface area contributed by atoms with Crippen molar-refractivity contribution in [3.63, 3.8) is 0 Å². The molecule has 2 N–H and O–H groups in total. The summed E-state index contributed by atoms with van der Waals surface area (Å²) in [6.07, 6.45) is 0. The topological polar surface area (TPSA) is 61.4 Å². The highest BCUT2D eigenvalue weighted by atomic mass is 32.2. The third kappa shape index (κ3) is 6.93. The normalized spacial score (nSPS) is 10.6. The number of carbonyl (C=O) groups is 2. The highest BCUT2D eigenvalue weighted by molar-refractivity contribution is 8.00. The van der Waals surface area contributed by atoms with Gasteiger partial charge >= 0.3 is 0 Å². The number of benzene rings is 2. The standard InChI is InChI=1S/C22H29N3O2S/c1-5-25(16(2)3)20-12-10-19(11-13-20)24-22(27)15-28-14-21(26)23-18-8-6-17(4)7-9-18/h6-13,16H,5,14-15H2,1-4H3,(H,23,26)(H,24,27). The average Bonchev–Trinajstić information content (AvgIpc) is 2.65. The summed E-state index contributed by atoms with van der Waals surface area (Å²) in [5.74, 6) is 0.243. The van der Waals surface area contributed by atoms with Crippen molar-refractivity contribution in [1.29, 1.82) is 0 Å². The number of anilines is 3. The predicted molar refractivity (Wildman–Crippen MR) is 120 cm³/mol. The third-order valence-electron chi connectivity index (χ3n) is 4.25. The van der Waals surface area contributed by atoms with Gasteiger partial charge in [-0.2, -0.15) is 0 Å². The number of aryl methyl sites for hydroxylation is 1. The van der Waals surface area contributed by atoms with E-state index in [0.29, 0.717) is 6.04 Å². The van der Waals surface area contributed by atoms with Crippen LogP contribution in [0.15, 0.2) is 48.5 Å². The molecule has 2 amide bonds. The van der Waals surface area contributed by atoms with Gasteiger partial charge in [0.2, 0.25) is 11.8 Å². The van der Waals surface area contributed by atoms with Gasteiger partial charge in [-0.3, -0.25) is 9.59 Å². The van der Waals surface area contributed by atoms with E-state index in [1.807, 2.05) is 55.5 Å². The number of nitrogens with one attached hydrogen (secondary N) is 2. The maximum Gasteiger partial charge on any atom is 0.234 e. The molecule has 0 unspecified atom stereocenters. The van der Waals surface area contributed by atoms with Crippen LogP contribution < -0.4 is 15.5 Å². The summed E-state index contributed by atoms with van der Waals surface area (Å²) in [5, 5.41) is 5.70. The molecule has 28 heavy (non-hydrogen) atoms. The van der Waals surface area contributed by atoms with E-state index in [1.165, 1.54) is 11.8 Å². The number of thioether (sulfide) groups is 1. The van der Waals surface area contributed by atoms with Crippen molar-refractivity contribution in [1.82, 2.24) is 0 Å². The van der Waals surface area contributed by atoms with Crippen LogP contribution in [0.3, 0.4) is 0 Å². The first kappa shape index (κ1) is 21.8. The van der Waals surface area contributed by atoms with Gasteiger partial charge < -0.3 is 15.5 Å². The molecule has 0 heterocycles. The van der Waals surface area contributed by atoms with Crippen LogP contribution >= 0.6 is 11.8 Å². The Morgan fingerprint density at radius 2 is 1.36 bits per heavy atom. The van der Waals surface area contributed by atoms with E-state index in [9.17, 15) is 9.59 Å². The molecule has 0 atom stereocenters. The molecule has 0 saturated heterocycles. The number of amides is 2. The highest BCUT2D eigenvalue weighted by Crippen LogP contribution is 2.20. The van der Waals surface area contributed by atoms with Gasteiger partial charge in [0.25, 0.3) is 0 Å². The maximum atomic E-state index is 12.1. The highest BCUT2D eigenvalue weighted by Gasteiger charge is 2.09. The van der Waals surface area contributed by atoms with Crippen LogP contribution in [-0.4, -0.2) is 35.9 Å². The molecule has 0 spiro atoms. The molecule has 2 rings (SSSR count). The predicted octanol–water partition coefficient (Wildman–Crippen LogP) is 4.54. The largest absolute Gasteiger partial charge is 0.369 e. The van der Waals surface area contributed by atoms with Crippen molar-refractivity contribution in [2.45, 2.75) is 33.7 Å². The molecule has 0 saturated carbocycles. The molecular formula is C22H29N3O2S. The van der Waals surface area contributed by atoms with Gasteiger partial charge in [-0.05, 0) is 64.1 Å². The molecule has 0 aliphatic rings. The summed E-state index contributed by atoms with van der Waals surface area (Å²) in [6.45, 7) is 9.38. The van der Waals surface area contributed by atoms with Gasteiger partial charge in [0, 0.05) is 29.6 Å². The average molecular weight is 400 g/mol. The van der Waals surface area contributed by atoms with E-state index in [4.69, 9.17) is 0 Å². The summed E-state index contributed by atoms with van der Waals surface area (Å²) in [4.78, 5) is 26.3. The molecule has 150 valence electrons. The van der Waals surface area contributed by atoms with E-state index in [2.05, 4.69) is 36.3 Å². The fourth-order valence-corrected chi connectivity index (χ4v) is 3.47. The zero-order valence-electron chi connectivity index (χ0n) is 17.0. The molecule has 0 aromatic heterocycles. The number of carbonyl (C=O) groups excluding carboxylic acids is 2. The molecule has 0 aliphatic carbocycles. The van der Waals surface area contributed by atoms with Crippen molar-refractivity contribution < 1.29 is 9.59 Å². The fraction of sp³-hybridized carbons (Fsp3) is 0.364. The zero-order chi connectivity index (χ0) is 20.5. The minimum atomic E-state index is -0.114. The Labute approximate surface area is 171 Å². The summed E-state index contributed by atoms with van der Waals surface area (Å²) >= 11 is 1.29. The van der Waals surface area contributed by atoms with Crippen LogP contribution in [0.1, 0.15) is 26.3 Å². The lowest BCUT2D eigenvalue weighted by Crippen LogP contribution is -2.30. The Morgan fingerprint density at radius 1 is 0.893 bits per heavy atom. The van der Waals surface area contributed by atoms with Crippen LogP contribution in [0.25, 0.3) is 0 Å². The Bertz CT molecular complexity index is 773. The quantitative estimate of drug-likeness (QED) is 0.650. The van der Waals surface area contributed by atoms with Gasteiger partial charge in [0.1, 0.15) is 0 Å². The lowest BCUT2D eigenvalue weighted by Gasteiger charge is -2.27. The lowest BCUT2D eigenvalue weighted by molar-refractivity contribution is -0.114. The van der Waals surface area contributed by atoms with Crippen LogP contribution in [0.2, 0.25) is 0 Å². The van der Waals surface area contributed by atoms with Crippen molar-refractivity contribution in [3.8, 4) is 0 Å². The molecule has 2 aromatic rings. The first-order chi connectivity index (χ1) is 13.4. The molecule has 0 bridgehead atoms. The Kier molecular flexibility index (Phi) is 8.39. The van der Waals surface area contributed by atoms with Crippen LogP contribution in [0.4, 0.5) is 17.1 Å². The Hall–Kier alpha value is -2.47. The van der Waals surface area contributed by atoms with Crippen LogP contribution in [-0.2, 0) is 9.59 Å². The van der Waals surface area contributed by atoms with Gasteiger partial charge in [-0.25, -0.2) is 0 Å². The summed E-state index contributed by atoms with van der Waals surface area (Å²) in [6, 6.07) is 15.9. The second-order valence-electron chi connectivity index (χ2n) is 6.88. The first-order valence-electron chi connectivity index (χ1n) is 9.50. The van der Waals surface area contributed by atoms with E-state index < -0.39 is 0 Å². The van der Waals surface area contributed by atoms with Crippen molar-refractivity contribution >= 4 is 40.6 Å². The Morgan fingerprint density at radius 3 is 1.79 bits per heavy atom. The summed E-state index contributed by atoms with van der Waals surface area (Å²) < 4.78 is 0. The zero-order valence-corrected chi connectivity index (χ0v) is 17.8. The van der Waals surface area contributed by atoms with Gasteiger partial charge in [0.15, 0.2) is 0 Å². The third-order valence-corrected chi connectivity index (χ3v) is 5.18. The second kappa shape index (κ2) is 10.8. The van der Waals surface area contributed by atoms with Crippen LogP contribution in [0, 0.1) is 6.92 Å². The van der Waals surface area contributed by atoms with Crippen LogP contribution in [0.5, 0.6) is 0 Å². The van der Waals surface area contributed by atoms with E-state index >= 15 is 0 Å². The fourth-order valence-electron chi connectivity index (χ4n) is 2.85. The first-order valence-corrected chi connectivity index (χ1v) is 10.6. The number of nitrogens with zero attached hydrogens (tertiary/aromatic N) is 1. The smallest absolute Gasteiger partial charge is 0.234 e. The summed E-state index contributed by atoms with van der Waals surface area (Å²) in [7, 11) is 0. The van der Waals surface area contributed by atoms with Gasteiger partial charge in [-0.1, -0.05) is 17.7 Å². The summed E-state index contributed by atoms with van der Waals surface area (Å²) in [5.41, 5.74) is 3.81. The molecule has 0 fully saturated rings. The molecule has 0 radical (unpaired) electrons. The second-order valence-corrected chi connectivity index (χ2v) is 7.87. The van der Waals surface area contributed by atoms with Gasteiger partial charge in [-0.15, -0.1) is 11.8 Å². The molecular weight excluding hydrogens is 370 g/mol. The molecule has 5 nitrogen and oxygen atoms in total. The number of hydrogen-bond acceptors (Lipinski definition) is 4. The molecule has 6 heteroatoms. The van der Waals surface area contributed by atoms with E-state index in [-0.39, 0.29) is 23.3 Å². The minimum absolute atomic E-state index is 0.112. The minimum Gasteiger partial charge on any atom is -0.369 e. The molecule has 2 aromatic carbocycles. The maximum absolute atomic E-state index is 12.1.